The number of anilines is 1. The van der Waals surface area contributed by atoms with E-state index in [1.165, 1.54) is 17.0 Å². The Labute approximate surface area is 223 Å². The van der Waals surface area contributed by atoms with E-state index in [1.807, 2.05) is 22.6 Å². The van der Waals surface area contributed by atoms with Crippen LogP contribution >= 0.6 is 22.6 Å². The zero-order valence-corrected chi connectivity index (χ0v) is 21.2. The minimum atomic E-state index is -4.88. The van der Waals surface area contributed by atoms with Gasteiger partial charge < -0.3 is 19.1 Å². The SMILES string of the molecule is O=C(CCCc1nc(OCC(F)(F)F)cc(OCC(F)(F)F)n1)N(CCI)c1ccc(OC(F)(F)F)cc1. The fraction of sp³-hybridized carbons (Fsp3) is 0.476. The van der Waals surface area contributed by atoms with Crippen LogP contribution in [0.1, 0.15) is 18.7 Å². The normalized spacial score (nSPS) is 12.3. The Morgan fingerprint density at radius 2 is 1.39 bits per heavy atom. The van der Waals surface area contributed by atoms with Crippen LogP contribution in [0.25, 0.3) is 0 Å². The molecular formula is C21H19F9IN3O4. The third-order valence-corrected chi connectivity index (χ3v) is 4.76. The van der Waals surface area contributed by atoms with Gasteiger partial charge in [-0.3, -0.25) is 4.79 Å². The number of amides is 1. The molecule has 212 valence electrons. The number of ether oxygens (including phenoxy) is 3. The van der Waals surface area contributed by atoms with Crippen LogP contribution < -0.4 is 19.1 Å². The lowest BCUT2D eigenvalue weighted by Crippen LogP contribution is -2.32. The number of hydrogen-bond donors (Lipinski definition) is 0. The highest BCUT2D eigenvalue weighted by Crippen LogP contribution is 2.27. The van der Waals surface area contributed by atoms with Crippen molar-refractivity contribution in [1.29, 1.82) is 0 Å². The van der Waals surface area contributed by atoms with Crippen molar-refractivity contribution in [3.8, 4) is 17.5 Å². The fourth-order valence-electron chi connectivity index (χ4n) is 2.86. The summed E-state index contributed by atoms with van der Waals surface area (Å²) in [6.45, 7) is -3.29. The van der Waals surface area contributed by atoms with Gasteiger partial charge in [0.25, 0.3) is 0 Å². The van der Waals surface area contributed by atoms with Crippen molar-refractivity contribution in [2.24, 2.45) is 0 Å². The number of aryl methyl sites for hydroxylation is 1. The maximum Gasteiger partial charge on any atom is 0.573 e. The predicted octanol–water partition coefficient (Wildman–Crippen LogP) is 6.05. The molecule has 2 aromatic rings. The number of nitrogens with zero attached hydrogens (tertiary/aromatic N) is 3. The molecule has 0 spiro atoms. The number of aromatic nitrogens is 2. The number of carbonyl (C=O) groups excluding carboxylic acids is 1. The van der Waals surface area contributed by atoms with Gasteiger partial charge in [0.05, 0.1) is 6.07 Å². The molecule has 7 nitrogen and oxygen atoms in total. The van der Waals surface area contributed by atoms with Gasteiger partial charge in [-0.15, -0.1) is 13.2 Å². The van der Waals surface area contributed by atoms with Crippen molar-refractivity contribution in [2.45, 2.75) is 38.0 Å². The van der Waals surface area contributed by atoms with Crippen LogP contribution in [0.4, 0.5) is 45.2 Å². The molecule has 0 aliphatic carbocycles. The summed E-state index contributed by atoms with van der Waals surface area (Å²) in [5.74, 6) is -2.46. The van der Waals surface area contributed by atoms with Crippen LogP contribution in [0.2, 0.25) is 0 Å². The largest absolute Gasteiger partial charge is 0.573 e. The second-order valence-electron chi connectivity index (χ2n) is 7.40. The van der Waals surface area contributed by atoms with Gasteiger partial charge in [-0.2, -0.15) is 36.3 Å². The number of halogens is 10. The van der Waals surface area contributed by atoms with E-state index in [2.05, 4.69) is 24.2 Å². The first-order valence-electron chi connectivity index (χ1n) is 10.5. The smallest absolute Gasteiger partial charge is 0.468 e. The van der Waals surface area contributed by atoms with Crippen LogP contribution in [0, 0.1) is 0 Å². The molecular weight excluding hydrogens is 656 g/mol. The van der Waals surface area contributed by atoms with E-state index in [-0.39, 0.29) is 31.6 Å². The summed E-state index contributed by atoms with van der Waals surface area (Å²) in [4.78, 5) is 21.5. The van der Waals surface area contributed by atoms with Gasteiger partial charge in [0.1, 0.15) is 11.6 Å². The van der Waals surface area contributed by atoms with Crippen LogP contribution in [0.3, 0.4) is 0 Å². The van der Waals surface area contributed by atoms with E-state index in [0.717, 1.165) is 12.1 Å². The molecule has 0 aliphatic rings. The molecule has 1 amide bonds. The molecule has 0 bridgehead atoms. The van der Waals surface area contributed by atoms with Gasteiger partial charge >= 0.3 is 18.7 Å². The minimum absolute atomic E-state index is 0.0350. The van der Waals surface area contributed by atoms with Crippen molar-refractivity contribution in [3.63, 3.8) is 0 Å². The third-order valence-electron chi connectivity index (χ3n) is 4.28. The van der Waals surface area contributed by atoms with Crippen LogP contribution in [0.15, 0.2) is 30.3 Å². The van der Waals surface area contributed by atoms with Crippen molar-refractivity contribution < 1.29 is 58.5 Å². The summed E-state index contributed by atoms with van der Waals surface area (Å²) in [5.41, 5.74) is 0.294. The molecule has 0 N–H and O–H groups in total. The summed E-state index contributed by atoms with van der Waals surface area (Å²) >= 11 is 1.99. The average molecular weight is 675 g/mol. The standard InChI is InChI=1S/C21H19F9IN3O4/c22-19(23,24)11-36-16-10-17(37-12-20(25,26)27)33-15(32-16)2-1-3-18(35)34(9-8-31)13-4-6-14(7-5-13)38-21(28,29)30/h4-7,10H,1-3,8-9,11-12H2. The first-order valence-corrected chi connectivity index (χ1v) is 12.1. The zero-order chi connectivity index (χ0) is 28.6. The van der Waals surface area contributed by atoms with Gasteiger partial charge in [0.15, 0.2) is 13.2 Å². The molecule has 0 atom stereocenters. The number of hydrogen-bond acceptors (Lipinski definition) is 6. The molecule has 0 aliphatic heterocycles. The van der Waals surface area contributed by atoms with Crippen molar-refractivity contribution >= 4 is 34.2 Å². The Balaban J connectivity index is 2.08. The lowest BCUT2D eigenvalue weighted by molar-refractivity contribution is -0.274. The van der Waals surface area contributed by atoms with Crippen LogP contribution in [0.5, 0.6) is 17.5 Å². The molecule has 38 heavy (non-hydrogen) atoms. The monoisotopic (exact) mass is 675 g/mol. The number of carbonyl (C=O) groups is 1. The highest BCUT2D eigenvalue weighted by atomic mass is 127. The molecule has 17 heteroatoms. The van der Waals surface area contributed by atoms with E-state index < -0.39 is 55.3 Å². The molecule has 1 heterocycles. The first-order chi connectivity index (χ1) is 17.5. The maximum atomic E-state index is 12.8. The molecule has 1 aromatic heterocycles. The molecule has 0 saturated heterocycles. The highest BCUT2D eigenvalue weighted by molar-refractivity contribution is 14.1. The Hall–Kier alpha value is -2.73. The quantitative estimate of drug-likeness (QED) is 0.155. The van der Waals surface area contributed by atoms with Crippen LogP contribution in [-0.2, 0) is 11.2 Å². The fourth-order valence-corrected chi connectivity index (χ4v) is 3.35. The Kier molecular flexibility index (Phi) is 11.1. The average Bonchev–Trinajstić information content (AvgIpc) is 2.78. The second-order valence-corrected chi connectivity index (χ2v) is 8.48. The van der Waals surface area contributed by atoms with Crippen molar-refractivity contribution in [2.75, 3.05) is 29.1 Å². The Bertz CT molecular complexity index is 1010. The minimum Gasteiger partial charge on any atom is -0.468 e. The molecule has 0 radical (unpaired) electrons. The third kappa shape index (κ3) is 12.2. The van der Waals surface area contributed by atoms with Gasteiger partial charge in [-0.1, -0.05) is 22.6 Å². The number of alkyl halides is 10. The van der Waals surface area contributed by atoms with Gasteiger partial charge in [0, 0.05) is 29.5 Å². The second kappa shape index (κ2) is 13.4. The van der Waals surface area contributed by atoms with E-state index >= 15 is 0 Å². The number of rotatable bonds is 12. The Morgan fingerprint density at radius 1 is 0.868 bits per heavy atom. The summed E-state index contributed by atoms with van der Waals surface area (Å²) in [7, 11) is 0. The van der Waals surface area contributed by atoms with Crippen LogP contribution in [-0.4, -0.2) is 58.8 Å². The Morgan fingerprint density at radius 3 is 1.84 bits per heavy atom. The molecule has 0 saturated carbocycles. The predicted molar refractivity (Wildman–Crippen MR) is 122 cm³/mol. The first kappa shape index (κ1) is 31.5. The molecule has 0 unspecified atom stereocenters. The van der Waals surface area contributed by atoms with Gasteiger partial charge in [0.2, 0.25) is 17.7 Å². The lowest BCUT2D eigenvalue weighted by Gasteiger charge is -2.22. The molecule has 2 rings (SSSR count). The van der Waals surface area contributed by atoms with Crippen molar-refractivity contribution in [1.82, 2.24) is 9.97 Å². The summed E-state index contributed by atoms with van der Waals surface area (Å²) in [5, 5.41) is 0. The van der Waals surface area contributed by atoms with E-state index in [4.69, 9.17) is 0 Å². The van der Waals surface area contributed by atoms with E-state index in [9.17, 15) is 44.3 Å². The topological polar surface area (TPSA) is 73.8 Å². The summed E-state index contributed by atoms with van der Waals surface area (Å²) in [6, 6.07) is 5.29. The zero-order valence-electron chi connectivity index (χ0n) is 19.1. The summed E-state index contributed by atoms with van der Waals surface area (Å²) < 4.78 is 125. The molecule has 1 aromatic carbocycles. The number of benzene rings is 1. The lowest BCUT2D eigenvalue weighted by atomic mass is 10.2. The summed E-state index contributed by atoms with van der Waals surface area (Å²) in [6.07, 6.45) is -14.6. The molecule has 0 fully saturated rings. The van der Waals surface area contributed by atoms with E-state index in [1.54, 1.807) is 0 Å². The highest BCUT2D eigenvalue weighted by Gasteiger charge is 2.32. The maximum absolute atomic E-state index is 12.8. The van der Waals surface area contributed by atoms with Gasteiger partial charge in [-0.05, 0) is 30.7 Å². The van der Waals surface area contributed by atoms with Gasteiger partial charge in [-0.25, -0.2) is 0 Å². The van der Waals surface area contributed by atoms with Crippen molar-refractivity contribution in [3.05, 3.63) is 36.2 Å². The van der Waals surface area contributed by atoms with E-state index in [0.29, 0.717) is 16.2 Å².